The molecule has 0 N–H and O–H groups in total. The molecule has 0 aromatic carbocycles. The lowest BCUT2D eigenvalue weighted by molar-refractivity contribution is 0.241. The molecule has 1 saturated heterocycles. The van der Waals surface area contributed by atoms with Crippen LogP contribution in [0.2, 0.25) is 0 Å². The van der Waals surface area contributed by atoms with Gasteiger partial charge in [0, 0.05) is 25.4 Å². The van der Waals surface area contributed by atoms with Crippen LogP contribution in [0.5, 0.6) is 0 Å². The Morgan fingerprint density at radius 1 is 1.12 bits per heavy atom. The summed E-state index contributed by atoms with van der Waals surface area (Å²) in [6.45, 7) is 3.52. The zero-order chi connectivity index (χ0) is 11.0. The van der Waals surface area contributed by atoms with E-state index >= 15 is 0 Å². The molecule has 3 rings (SSSR count). The first-order valence-electron chi connectivity index (χ1n) is 6.45. The highest BCUT2D eigenvalue weighted by Crippen LogP contribution is 2.27. The lowest BCUT2D eigenvalue weighted by Gasteiger charge is -2.29. The highest BCUT2D eigenvalue weighted by atomic mass is 15.3. The van der Waals surface area contributed by atoms with E-state index in [1.54, 1.807) is 0 Å². The number of hydrogen-bond donors (Lipinski definition) is 0. The number of nitrogens with zero attached hydrogens (tertiary/aromatic N) is 4. The van der Waals surface area contributed by atoms with Gasteiger partial charge >= 0.3 is 0 Å². The molecule has 2 aliphatic rings. The van der Waals surface area contributed by atoms with E-state index in [2.05, 4.69) is 26.7 Å². The number of likely N-dealkylation sites (N-methyl/N-ethyl adjacent to an activating group) is 1. The van der Waals surface area contributed by atoms with Crippen molar-refractivity contribution in [2.75, 3.05) is 20.1 Å². The van der Waals surface area contributed by atoms with E-state index in [9.17, 15) is 0 Å². The highest BCUT2D eigenvalue weighted by molar-refractivity contribution is 5.06. The van der Waals surface area contributed by atoms with Gasteiger partial charge in [0.1, 0.15) is 11.6 Å². The summed E-state index contributed by atoms with van der Waals surface area (Å²) >= 11 is 0. The van der Waals surface area contributed by atoms with Gasteiger partial charge in [0.2, 0.25) is 0 Å². The molecular weight excluding hydrogens is 200 g/mol. The van der Waals surface area contributed by atoms with Crippen LogP contribution in [0.3, 0.4) is 0 Å². The Balaban J connectivity index is 1.85. The number of piperidine rings is 1. The van der Waals surface area contributed by atoms with Crippen LogP contribution < -0.4 is 0 Å². The zero-order valence-electron chi connectivity index (χ0n) is 10.0. The molecule has 1 fully saturated rings. The Kier molecular flexibility index (Phi) is 2.67. The second kappa shape index (κ2) is 4.17. The molecular formula is C12H20N4. The lowest BCUT2D eigenvalue weighted by Crippen LogP contribution is -2.32. The topological polar surface area (TPSA) is 34.0 Å². The quantitative estimate of drug-likeness (QED) is 0.718. The van der Waals surface area contributed by atoms with E-state index in [4.69, 9.17) is 0 Å². The van der Waals surface area contributed by atoms with Gasteiger partial charge in [0.05, 0.1) is 0 Å². The van der Waals surface area contributed by atoms with Crippen LogP contribution in [0, 0.1) is 0 Å². The van der Waals surface area contributed by atoms with Crippen LogP contribution in [-0.4, -0.2) is 39.8 Å². The van der Waals surface area contributed by atoms with Crippen molar-refractivity contribution in [3.05, 3.63) is 11.6 Å². The van der Waals surface area contributed by atoms with Gasteiger partial charge in [0.25, 0.3) is 0 Å². The van der Waals surface area contributed by atoms with Gasteiger partial charge in [-0.05, 0) is 39.3 Å². The average Bonchev–Trinajstić information content (AvgIpc) is 2.72. The minimum absolute atomic E-state index is 0.609. The standard InChI is InChI=1S/C12H20N4/c1-15-7-4-5-10(9-15)12-14-13-11-6-2-3-8-16(11)12/h10H,2-9H2,1H3. The summed E-state index contributed by atoms with van der Waals surface area (Å²) in [6.07, 6.45) is 6.27. The minimum Gasteiger partial charge on any atom is -0.315 e. The Morgan fingerprint density at radius 3 is 2.94 bits per heavy atom. The molecule has 0 radical (unpaired) electrons. The second-order valence-electron chi connectivity index (χ2n) is 5.18. The molecule has 0 bridgehead atoms. The summed E-state index contributed by atoms with van der Waals surface area (Å²) < 4.78 is 2.38. The summed E-state index contributed by atoms with van der Waals surface area (Å²) in [5, 5.41) is 8.79. The van der Waals surface area contributed by atoms with E-state index in [1.165, 1.54) is 43.9 Å². The summed E-state index contributed by atoms with van der Waals surface area (Å²) in [7, 11) is 2.21. The van der Waals surface area contributed by atoms with Crippen molar-refractivity contribution in [3.8, 4) is 0 Å². The molecule has 1 aromatic heterocycles. The Labute approximate surface area is 96.7 Å². The Hall–Kier alpha value is -0.900. The molecule has 0 aliphatic carbocycles. The zero-order valence-corrected chi connectivity index (χ0v) is 10.0. The smallest absolute Gasteiger partial charge is 0.137 e. The number of likely N-dealkylation sites (tertiary alicyclic amines) is 1. The fraction of sp³-hybridized carbons (Fsp3) is 0.833. The molecule has 1 aromatic rings. The van der Waals surface area contributed by atoms with Crippen LogP contribution in [0.4, 0.5) is 0 Å². The molecule has 88 valence electrons. The summed E-state index contributed by atoms with van der Waals surface area (Å²) in [5.74, 6) is 3.08. The van der Waals surface area contributed by atoms with Gasteiger partial charge in [-0.25, -0.2) is 0 Å². The normalized spacial score (nSPS) is 26.7. The Morgan fingerprint density at radius 2 is 2.06 bits per heavy atom. The maximum absolute atomic E-state index is 4.44. The second-order valence-corrected chi connectivity index (χ2v) is 5.18. The van der Waals surface area contributed by atoms with Gasteiger partial charge < -0.3 is 9.47 Å². The number of fused-ring (bicyclic) bond motifs is 1. The molecule has 4 heteroatoms. The van der Waals surface area contributed by atoms with E-state index in [0.717, 1.165) is 19.5 Å². The third-order valence-electron chi connectivity index (χ3n) is 3.88. The fourth-order valence-corrected chi connectivity index (χ4v) is 3.01. The molecule has 3 heterocycles. The van der Waals surface area contributed by atoms with Gasteiger partial charge in [-0.3, -0.25) is 0 Å². The SMILES string of the molecule is CN1CCCC(c2nnc3n2CCCC3)C1. The maximum Gasteiger partial charge on any atom is 0.137 e. The van der Waals surface area contributed by atoms with Crippen LogP contribution in [0.25, 0.3) is 0 Å². The number of aryl methyl sites for hydroxylation is 1. The Bertz CT molecular complexity index is 371. The van der Waals surface area contributed by atoms with Crippen molar-refractivity contribution < 1.29 is 0 Å². The van der Waals surface area contributed by atoms with Crippen LogP contribution in [0.1, 0.15) is 43.3 Å². The van der Waals surface area contributed by atoms with E-state index in [0.29, 0.717) is 5.92 Å². The molecule has 0 spiro atoms. The largest absolute Gasteiger partial charge is 0.315 e. The van der Waals surface area contributed by atoms with Gasteiger partial charge in [-0.1, -0.05) is 0 Å². The molecule has 16 heavy (non-hydrogen) atoms. The van der Waals surface area contributed by atoms with Crippen molar-refractivity contribution in [2.45, 2.75) is 44.6 Å². The van der Waals surface area contributed by atoms with Crippen LogP contribution in [0.15, 0.2) is 0 Å². The van der Waals surface area contributed by atoms with Crippen molar-refractivity contribution >= 4 is 0 Å². The number of aromatic nitrogens is 3. The molecule has 4 nitrogen and oxygen atoms in total. The van der Waals surface area contributed by atoms with E-state index < -0.39 is 0 Å². The lowest BCUT2D eigenvalue weighted by atomic mass is 9.97. The molecule has 0 saturated carbocycles. The van der Waals surface area contributed by atoms with Crippen LogP contribution in [-0.2, 0) is 13.0 Å². The van der Waals surface area contributed by atoms with E-state index in [1.807, 2.05) is 0 Å². The third-order valence-corrected chi connectivity index (χ3v) is 3.88. The molecule has 2 aliphatic heterocycles. The van der Waals surface area contributed by atoms with Crippen molar-refractivity contribution in [1.29, 1.82) is 0 Å². The van der Waals surface area contributed by atoms with Gasteiger partial charge in [0.15, 0.2) is 0 Å². The molecule has 1 atom stereocenters. The molecule has 0 amide bonds. The first-order valence-corrected chi connectivity index (χ1v) is 6.45. The minimum atomic E-state index is 0.609. The van der Waals surface area contributed by atoms with E-state index in [-0.39, 0.29) is 0 Å². The first-order chi connectivity index (χ1) is 7.84. The third kappa shape index (κ3) is 1.75. The summed E-state index contributed by atoms with van der Waals surface area (Å²) in [5.41, 5.74) is 0. The van der Waals surface area contributed by atoms with Crippen molar-refractivity contribution in [2.24, 2.45) is 0 Å². The number of rotatable bonds is 1. The predicted octanol–water partition coefficient (Wildman–Crippen LogP) is 1.42. The average molecular weight is 220 g/mol. The first kappa shape index (κ1) is 10.3. The van der Waals surface area contributed by atoms with Gasteiger partial charge in [-0.15, -0.1) is 10.2 Å². The molecule has 1 unspecified atom stereocenters. The summed E-state index contributed by atoms with van der Waals surface area (Å²) in [4.78, 5) is 2.42. The monoisotopic (exact) mass is 220 g/mol. The van der Waals surface area contributed by atoms with Crippen molar-refractivity contribution in [1.82, 2.24) is 19.7 Å². The fourth-order valence-electron chi connectivity index (χ4n) is 3.01. The van der Waals surface area contributed by atoms with Crippen molar-refractivity contribution in [3.63, 3.8) is 0 Å². The highest BCUT2D eigenvalue weighted by Gasteiger charge is 2.26. The van der Waals surface area contributed by atoms with Gasteiger partial charge in [-0.2, -0.15) is 0 Å². The predicted molar refractivity (Wildman–Crippen MR) is 62.4 cm³/mol. The maximum atomic E-state index is 4.44. The summed E-state index contributed by atoms with van der Waals surface area (Å²) in [6, 6.07) is 0. The number of hydrogen-bond acceptors (Lipinski definition) is 3. The van der Waals surface area contributed by atoms with Crippen LogP contribution >= 0.6 is 0 Å².